The number of hydrogen-bond acceptors (Lipinski definition) is 4. The van der Waals surface area contributed by atoms with E-state index in [4.69, 9.17) is 18.9 Å². The molecule has 94 valence electrons. The molecule has 0 spiro atoms. The Balaban J connectivity index is 2.60. The monoisotopic (exact) mass is 238 g/mol. The van der Waals surface area contributed by atoms with E-state index in [-0.39, 0.29) is 5.60 Å². The van der Waals surface area contributed by atoms with Crippen LogP contribution >= 0.6 is 0 Å². The third-order valence-corrected chi connectivity index (χ3v) is 2.88. The van der Waals surface area contributed by atoms with E-state index in [0.717, 1.165) is 17.7 Å². The van der Waals surface area contributed by atoms with Gasteiger partial charge in [0.25, 0.3) is 0 Å². The summed E-state index contributed by atoms with van der Waals surface area (Å²) < 4.78 is 21.9. The van der Waals surface area contributed by atoms with Crippen LogP contribution in [0.5, 0.6) is 23.0 Å². The Kier molecular flexibility index (Phi) is 2.81. The van der Waals surface area contributed by atoms with Crippen molar-refractivity contribution in [3.05, 3.63) is 11.6 Å². The Morgan fingerprint density at radius 1 is 1.06 bits per heavy atom. The molecule has 0 radical (unpaired) electrons. The molecule has 1 heterocycles. The first-order chi connectivity index (χ1) is 8.02. The van der Waals surface area contributed by atoms with Gasteiger partial charge in [0.15, 0.2) is 11.5 Å². The van der Waals surface area contributed by atoms with Crippen molar-refractivity contribution in [2.75, 3.05) is 21.3 Å². The van der Waals surface area contributed by atoms with Crippen molar-refractivity contribution in [2.24, 2.45) is 0 Å². The standard InChI is InChI=1S/C13H18O4/c1-13(2)7-8-9(17-13)6-10(14-3)12(16-5)11(8)15-4/h6H,7H2,1-5H3. The molecule has 0 bridgehead atoms. The van der Waals surface area contributed by atoms with Gasteiger partial charge in [-0.05, 0) is 13.8 Å². The zero-order valence-electron chi connectivity index (χ0n) is 10.9. The average Bonchev–Trinajstić information content (AvgIpc) is 2.59. The first-order valence-corrected chi connectivity index (χ1v) is 5.53. The Bertz CT molecular complexity index is 438. The van der Waals surface area contributed by atoms with Gasteiger partial charge in [-0.3, -0.25) is 0 Å². The quantitative estimate of drug-likeness (QED) is 0.810. The fraction of sp³-hybridized carbons (Fsp3) is 0.538. The molecule has 2 rings (SSSR count). The lowest BCUT2D eigenvalue weighted by atomic mass is 10.0. The molecule has 0 unspecified atom stereocenters. The molecule has 0 saturated heterocycles. The molecule has 1 aliphatic heterocycles. The number of fused-ring (bicyclic) bond motifs is 1. The minimum absolute atomic E-state index is 0.215. The van der Waals surface area contributed by atoms with E-state index in [1.165, 1.54) is 0 Å². The van der Waals surface area contributed by atoms with E-state index < -0.39 is 0 Å². The third-order valence-electron chi connectivity index (χ3n) is 2.88. The second-order valence-electron chi connectivity index (χ2n) is 4.66. The van der Waals surface area contributed by atoms with Crippen molar-refractivity contribution in [1.29, 1.82) is 0 Å². The van der Waals surface area contributed by atoms with Crippen LogP contribution in [-0.2, 0) is 6.42 Å². The lowest BCUT2D eigenvalue weighted by molar-refractivity contribution is 0.138. The number of rotatable bonds is 3. The van der Waals surface area contributed by atoms with Gasteiger partial charge in [-0.2, -0.15) is 0 Å². The van der Waals surface area contributed by atoms with Crippen molar-refractivity contribution in [1.82, 2.24) is 0 Å². The highest BCUT2D eigenvalue weighted by atomic mass is 16.5. The van der Waals surface area contributed by atoms with Gasteiger partial charge < -0.3 is 18.9 Å². The molecule has 1 aromatic rings. The zero-order valence-corrected chi connectivity index (χ0v) is 10.9. The lowest BCUT2D eigenvalue weighted by Gasteiger charge is -2.16. The molecule has 4 heteroatoms. The Morgan fingerprint density at radius 3 is 2.24 bits per heavy atom. The minimum Gasteiger partial charge on any atom is -0.493 e. The van der Waals surface area contributed by atoms with E-state index in [1.807, 2.05) is 19.9 Å². The van der Waals surface area contributed by atoms with Crippen LogP contribution in [0.25, 0.3) is 0 Å². The predicted octanol–water partition coefficient (Wildman–Crippen LogP) is 2.43. The number of hydrogen-bond donors (Lipinski definition) is 0. The van der Waals surface area contributed by atoms with Gasteiger partial charge in [0, 0.05) is 18.1 Å². The van der Waals surface area contributed by atoms with E-state index in [1.54, 1.807) is 21.3 Å². The van der Waals surface area contributed by atoms with E-state index >= 15 is 0 Å². The van der Waals surface area contributed by atoms with Crippen LogP contribution < -0.4 is 18.9 Å². The van der Waals surface area contributed by atoms with Gasteiger partial charge in [-0.25, -0.2) is 0 Å². The molecule has 17 heavy (non-hydrogen) atoms. The van der Waals surface area contributed by atoms with Gasteiger partial charge in [-0.1, -0.05) is 0 Å². The predicted molar refractivity (Wildman–Crippen MR) is 64.5 cm³/mol. The largest absolute Gasteiger partial charge is 0.493 e. The van der Waals surface area contributed by atoms with Crippen molar-refractivity contribution in [2.45, 2.75) is 25.9 Å². The van der Waals surface area contributed by atoms with E-state index in [2.05, 4.69) is 0 Å². The second kappa shape index (κ2) is 4.02. The summed E-state index contributed by atoms with van der Waals surface area (Å²) in [4.78, 5) is 0. The van der Waals surface area contributed by atoms with Crippen molar-refractivity contribution >= 4 is 0 Å². The SMILES string of the molecule is COc1cc2c(c(OC)c1OC)CC(C)(C)O2. The summed E-state index contributed by atoms with van der Waals surface area (Å²) >= 11 is 0. The molecule has 0 aromatic heterocycles. The summed E-state index contributed by atoms with van der Waals surface area (Å²) in [6.45, 7) is 4.09. The van der Waals surface area contributed by atoms with Gasteiger partial charge in [-0.15, -0.1) is 0 Å². The summed E-state index contributed by atoms with van der Waals surface area (Å²) in [5, 5.41) is 0. The van der Waals surface area contributed by atoms with Crippen LogP contribution in [0.4, 0.5) is 0 Å². The molecule has 0 fully saturated rings. The summed E-state index contributed by atoms with van der Waals surface area (Å²) in [7, 11) is 4.83. The number of ether oxygens (including phenoxy) is 4. The van der Waals surface area contributed by atoms with Crippen molar-refractivity contribution < 1.29 is 18.9 Å². The lowest BCUT2D eigenvalue weighted by Crippen LogP contribution is -2.24. The van der Waals surface area contributed by atoms with Gasteiger partial charge in [0.05, 0.1) is 21.3 Å². The van der Waals surface area contributed by atoms with Crippen LogP contribution in [-0.4, -0.2) is 26.9 Å². The molecule has 1 aromatic carbocycles. The molecule has 4 nitrogen and oxygen atoms in total. The Morgan fingerprint density at radius 2 is 1.71 bits per heavy atom. The highest BCUT2D eigenvalue weighted by Gasteiger charge is 2.35. The maximum absolute atomic E-state index is 5.86. The fourth-order valence-corrected chi connectivity index (χ4v) is 2.21. The van der Waals surface area contributed by atoms with Gasteiger partial charge in [0.2, 0.25) is 5.75 Å². The highest BCUT2D eigenvalue weighted by Crippen LogP contribution is 2.50. The summed E-state index contributed by atoms with van der Waals surface area (Å²) in [6, 6.07) is 1.85. The Labute approximate surface area is 101 Å². The molecule has 0 aliphatic carbocycles. The van der Waals surface area contributed by atoms with Crippen LogP contribution in [0, 0.1) is 0 Å². The highest BCUT2D eigenvalue weighted by molar-refractivity contribution is 5.63. The van der Waals surface area contributed by atoms with E-state index in [9.17, 15) is 0 Å². The molecule has 0 amide bonds. The summed E-state index contributed by atoms with van der Waals surface area (Å²) in [5.41, 5.74) is 0.822. The Hall–Kier alpha value is -1.58. The van der Waals surface area contributed by atoms with Crippen LogP contribution in [0.3, 0.4) is 0 Å². The smallest absolute Gasteiger partial charge is 0.203 e. The first-order valence-electron chi connectivity index (χ1n) is 5.53. The number of benzene rings is 1. The minimum atomic E-state index is -0.215. The average molecular weight is 238 g/mol. The zero-order chi connectivity index (χ0) is 12.6. The topological polar surface area (TPSA) is 36.9 Å². The molecular formula is C13H18O4. The summed E-state index contributed by atoms with van der Waals surface area (Å²) in [5.74, 6) is 2.76. The van der Waals surface area contributed by atoms with Crippen LogP contribution in [0.2, 0.25) is 0 Å². The molecule has 0 saturated carbocycles. The third kappa shape index (κ3) is 1.88. The van der Waals surface area contributed by atoms with Gasteiger partial charge >= 0.3 is 0 Å². The second-order valence-corrected chi connectivity index (χ2v) is 4.66. The van der Waals surface area contributed by atoms with Crippen LogP contribution in [0.1, 0.15) is 19.4 Å². The molecular weight excluding hydrogens is 220 g/mol. The fourth-order valence-electron chi connectivity index (χ4n) is 2.21. The normalized spacial score (nSPS) is 16.1. The van der Waals surface area contributed by atoms with Crippen molar-refractivity contribution in [3.8, 4) is 23.0 Å². The van der Waals surface area contributed by atoms with Gasteiger partial charge in [0.1, 0.15) is 11.4 Å². The first kappa shape index (κ1) is 11.9. The maximum atomic E-state index is 5.86. The maximum Gasteiger partial charge on any atom is 0.203 e. The molecule has 1 aliphatic rings. The number of methoxy groups -OCH3 is 3. The van der Waals surface area contributed by atoms with E-state index in [0.29, 0.717) is 17.2 Å². The van der Waals surface area contributed by atoms with Crippen LogP contribution in [0.15, 0.2) is 6.07 Å². The summed E-state index contributed by atoms with van der Waals surface area (Å²) in [6.07, 6.45) is 0.797. The molecule has 0 N–H and O–H groups in total. The van der Waals surface area contributed by atoms with Crippen molar-refractivity contribution in [3.63, 3.8) is 0 Å². The molecule has 0 atom stereocenters.